The molecule has 1 aromatic heterocycles. The third-order valence-electron chi connectivity index (χ3n) is 2.53. The van der Waals surface area contributed by atoms with Gasteiger partial charge in [-0.05, 0) is 54.1 Å². The highest BCUT2D eigenvalue weighted by molar-refractivity contribution is 6.30. The zero-order valence-electron chi connectivity index (χ0n) is 9.60. The van der Waals surface area contributed by atoms with Gasteiger partial charge in [-0.25, -0.2) is 0 Å². The monoisotopic (exact) mass is 251 g/mol. The summed E-state index contributed by atoms with van der Waals surface area (Å²) in [6.07, 6.45) is 1.64. The molecule has 0 aliphatic carbocycles. The average molecular weight is 252 g/mol. The molecule has 0 aliphatic rings. The Labute approximate surface area is 105 Å². The molecule has 1 heterocycles. The van der Waals surface area contributed by atoms with Crippen LogP contribution in [0.15, 0.2) is 18.2 Å². The first-order chi connectivity index (χ1) is 8.22. The molecule has 17 heavy (non-hydrogen) atoms. The molecule has 1 aromatic carbocycles. The third kappa shape index (κ3) is 2.62. The largest absolute Gasteiger partial charge is 0.330 e. The van der Waals surface area contributed by atoms with E-state index in [-0.39, 0.29) is 0 Å². The van der Waals surface area contributed by atoms with Crippen LogP contribution in [-0.2, 0) is 6.42 Å². The van der Waals surface area contributed by atoms with Crippen LogP contribution in [0.25, 0.3) is 5.69 Å². The first-order valence-electron chi connectivity index (χ1n) is 5.46. The summed E-state index contributed by atoms with van der Waals surface area (Å²) in [7, 11) is 0. The highest BCUT2D eigenvalue weighted by Gasteiger charge is 2.09. The van der Waals surface area contributed by atoms with Crippen LogP contribution in [0, 0.1) is 6.92 Å². The van der Waals surface area contributed by atoms with Crippen molar-refractivity contribution < 1.29 is 0 Å². The van der Waals surface area contributed by atoms with Crippen molar-refractivity contribution in [1.82, 2.24) is 20.2 Å². The maximum absolute atomic E-state index is 5.92. The summed E-state index contributed by atoms with van der Waals surface area (Å²) in [5.41, 5.74) is 7.48. The highest BCUT2D eigenvalue weighted by atomic mass is 35.5. The second-order valence-corrected chi connectivity index (χ2v) is 4.27. The van der Waals surface area contributed by atoms with Crippen LogP contribution >= 0.6 is 11.6 Å². The quantitative estimate of drug-likeness (QED) is 0.894. The Morgan fingerprint density at radius 1 is 1.41 bits per heavy atom. The molecular formula is C11H14ClN5. The zero-order chi connectivity index (χ0) is 12.3. The lowest BCUT2D eigenvalue weighted by Gasteiger charge is -2.07. The van der Waals surface area contributed by atoms with Gasteiger partial charge in [0, 0.05) is 11.4 Å². The molecule has 0 aliphatic heterocycles. The van der Waals surface area contributed by atoms with Crippen molar-refractivity contribution in [2.45, 2.75) is 19.8 Å². The first kappa shape index (κ1) is 12.0. The van der Waals surface area contributed by atoms with Gasteiger partial charge in [0.05, 0.1) is 5.69 Å². The normalized spacial score (nSPS) is 10.8. The minimum atomic E-state index is 0.631. The number of aryl methyl sites for hydroxylation is 2. The number of nitrogens with zero attached hydrogens (tertiary/aromatic N) is 4. The molecule has 0 amide bonds. The summed E-state index contributed by atoms with van der Waals surface area (Å²) in [4.78, 5) is 0. The molecular weight excluding hydrogens is 238 g/mol. The molecule has 6 heteroatoms. The maximum Gasteiger partial charge on any atom is 0.156 e. The summed E-state index contributed by atoms with van der Waals surface area (Å²) in [5.74, 6) is 0.820. The molecule has 0 spiro atoms. The summed E-state index contributed by atoms with van der Waals surface area (Å²) in [5, 5.41) is 12.4. The van der Waals surface area contributed by atoms with Crippen molar-refractivity contribution in [2.24, 2.45) is 5.73 Å². The van der Waals surface area contributed by atoms with Gasteiger partial charge < -0.3 is 5.73 Å². The molecule has 0 fully saturated rings. The van der Waals surface area contributed by atoms with Gasteiger partial charge in [0.1, 0.15) is 0 Å². The Balaban J connectivity index is 2.35. The fraction of sp³-hybridized carbons (Fsp3) is 0.364. The van der Waals surface area contributed by atoms with Gasteiger partial charge in [-0.2, -0.15) is 4.68 Å². The van der Waals surface area contributed by atoms with Gasteiger partial charge in [0.2, 0.25) is 0 Å². The number of nitrogens with two attached hydrogens (primary N) is 1. The lowest BCUT2D eigenvalue weighted by molar-refractivity contribution is 0.724. The Morgan fingerprint density at radius 3 is 2.94 bits per heavy atom. The van der Waals surface area contributed by atoms with Crippen LogP contribution in [0.4, 0.5) is 0 Å². The Hall–Kier alpha value is -1.46. The van der Waals surface area contributed by atoms with Crippen molar-refractivity contribution in [3.63, 3.8) is 0 Å². The van der Waals surface area contributed by atoms with E-state index < -0.39 is 0 Å². The number of hydrogen-bond acceptors (Lipinski definition) is 4. The van der Waals surface area contributed by atoms with Crippen LogP contribution in [0.5, 0.6) is 0 Å². The van der Waals surface area contributed by atoms with E-state index in [9.17, 15) is 0 Å². The van der Waals surface area contributed by atoms with Crippen LogP contribution < -0.4 is 5.73 Å². The zero-order valence-corrected chi connectivity index (χ0v) is 10.4. The van der Waals surface area contributed by atoms with E-state index in [1.54, 1.807) is 4.68 Å². The van der Waals surface area contributed by atoms with E-state index in [4.69, 9.17) is 17.3 Å². The summed E-state index contributed by atoms with van der Waals surface area (Å²) in [6.45, 7) is 2.61. The molecule has 90 valence electrons. The van der Waals surface area contributed by atoms with Crippen LogP contribution in [0.3, 0.4) is 0 Å². The third-order valence-corrected chi connectivity index (χ3v) is 2.76. The Morgan fingerprint density at radius 2 is 2.24 bits per heavy atom. The minimum absolute atomic E-state index is 0.631. The van der Waals surface area contributed by atoms with Crippen molar-refractivity contribution >= 4 is 11.6 Å². The molecule has 2 aromatic rings. The predicted molar refractivity (Wildman–Crippen MR) is 66.3 cm³/mol. The fourth-order valence-electron chi connectivity index (χ4n) is 1.67. The highest BCUT2D eigenvalue weighted by Crippen LogP contribution is 2.19. The minimum Gasteiger partial charge on any atom is -0.330 e. The van der Waals surface area contributed by atoms with Gasteiger partial charge >= 0.3 is 0 Å². The molecule has 5 nitrogen and oxygen atoms in total. The number of rotatable bonds is 4. The SMILES string of the molecule is Cc1cc(Cl)ccc1-n1nnnc1CCCN. The van der Waals surface area contributed by atoms with Gasteiger partial charge in [-0.1, -0.05) is 11.6 Å². The van der Waals surface area contributed by atoms with E-state index in [1.807, 2.05) is 25.1 Å². The molecule has 0 saturated heterocycles. The summed E-state index contributed by atoms with van der Waals surface area (Å²) in [6, 6.07) is 5.64. The molecule has 0 radical (unpaired) electrons. The predicted octanol–water partition coefficient (Wildman–Crippen LogP) is 1.52. The van der Waals surface area contributed by atoms with E-state index in [0.29, 0.717) is 11.6 Å². The smallest absolute Gasteiger partial charge is 0.156 e. The van der Waals surface area contributed by atoms with Crippen molar-refractivity contribution in [1.29, 1.82) is 0 Å². The number of aromatic nitrogens is 4. The molecule has 2 N–H and O–H groups in total. The number of hydrogen-bond donors (Lipinski definition) is 1. The average Bonchev–Trinajstić information content (AvgIpc) is 2.74. The Kier molecular flexibility index (Phi) is 3.71. The first-order valence-corrected chi connectivity index (χ1v) is 5.84. The fourth-order valence-corrected chi connectivity index (χ4v) is 1.89. The van der Waals surface area contributed by atoms with Crippen LogP contribution in [-0.4, -0.2) is 26.8 Å². The van der Waals surface area contributed by atoms with Crippen molar-refractivity contribution in [3.05, 3.63) is 34.6 Å². The second kappa shape index (κ2) is 5.25. The van der Waals surface area contributed by atoms with E-state index in [2.05, 4.69) is 15.5 Å². The van der Waals surface area contributed by atoms with E-state index in [0.717, 1.165) is 29.9 Å². The van der Waals surface area contributed by atoms with Crippen molar-refractivity contribution in [3.8, 4) is 5.69 Å². The van der Waals surface area contributed by atoms with Crippen molar-refractivity contribution in [2.75, 3.05) is 6.54 Å². The molecule has 0 bridgehead atoms. The molecule has 0 unspecified atom stereocenters. The maximum atomic E-state index is 5.92. The molecule has 0 atom stereocenters. The van der Waals surface area contributed by atoms with Crippen LogP contribution in [0.2, 0.25) is 5.02 Å². The van der Waals surface area contributed by atoms with Gasteiger partial charge in [0.25, 0.3) is 0 Å². The standard InChI is InChI=1S/C11H14ClN5/c1-8-7-9(12)4-5-10(8)17-11(3-2-6-13)14-15-16-17/h4-5,7H,2-3,6,13H2,1H3. The lowest BCUT2D eigenvalue weighted by Crippen LogP contribution is -2.08. The van der Waals surface area contributed by atoms with Gasteiger partial charge in [-0.3, -0.25) is 0 Å². The molecule has 0 saturated carbocycles. The van der Waals surface area contributed by atoms with Crippen LogP contribution in [0.1, 0.15) is 17.8 Å². The summed E-state index contributed by atoms with van der Waals surface area (Å²) < 4.78 is 1.74. The second-order valence-electron chi connectivity index (χ2n) is 3.83. The van der Waals surface area contributed by atoms with E-state index >= 15 is 0 Å². The number of halogens is 1. The Bertz CT molecular complexity index is 508. The summed E-state index contributed by atoms with van der Waals surface area (Å²) >= 11 is 5.92. The lowest BCUT2D eigenvalue weighted by atomic mass is 10.2. The van der Waals surface area contributed by atoms with Gasteiger partial charge in [0.15, 0.2) is 5.82 Å². The molecule has 2 rings (SSSR count). The van der Waals surface area contributed by atoms with E-state index in [1.165, 1.54) is 0 Å². The number of tetrazole rings is 1. The van der Waals surface area contributed by atoms with Gasteiger partial charge in [-0.15, -0.1) is 5.10 Å². The number of benzene rings is 1. The topological polar surface area (TPSA) is 69.6 Å².